The van der Waals surface area contributed by atoms with E-state index in [9.17, 15) is 0 Å². The molecule has 0 aliphatic heterocycles. The molecule has 0 rings (SSSR count). The van der Waals surface area contributed by atoms with Crippen LogP contribution in [0.4, 0.5) is 0 Å². The van der Waals surface area contributed by atoms with Crippen molar-refractivity contribution in [3.8, 4) is 0 Å². The smallest absolute Gasteiger partial charge is 0.00276 e. The van der Waals surface area contributed by atoms with Crippen LogP contribution in [0.2, 0.25) is 0 Å². The lowest BCUT2D eigenvalue weighted by atomic mass is 10.00. The minimum absolute atomic E-state index is 0.652. The van der Waals surface area contributed by atoms with Crippen LogP contribution in [-0.2, 0) is 0 Å². The summed E-state index contributed by atoms with van der Waals surface area (Å²) in [7, 11) is 1.94. The molecule has 0 aromatic rings. The summed E-state index contributed by atoms with van der Waals surface area (Å²) in [6, 6.07) is 0. The quantitative estimate of drug-likeness (QED) is 0.612. The molecule has 0 saturated heterocycles. The summed E-state index contributed by atoms with van der Waals surface area (Å²) < 4.78 is 0. The SMILES string of the molecule is CC=CCC(C)/C(C)=C\NC. The first-order valence-electron chi connectivity index (χ1n) is 4.17. The second kappa shape index (κ2) is 6.02. The van der Waals surface area contributed by atoms with Gasteiger partial charge in [-0.15, -0.1) is 0 Å². The molecular formula is C10H19N. The maximum Gasteiger partial charge on any atom is 0.00276 e. The highest BCUT2D eigenvalue weighted by Crippen LogP contribution is 2.13. The molecule has 64 valence electrons. The highest BCUT2D eigenvalue weighted by Gasteiger charge is 1.99. The van der Waals surface area contributed by atoms with Crippen LogP contribution in [0.1, 0.15) is 27.2 Å². The van der Waals surface area contributed by atoms with Gasteiger partial charge in [-0.1, -0.05) is 24.6 Å². The number of hydrogen-bond acceptors (Lipinski definition) is 1. The first-order chi connectivity index (χ1) is 5.22. The Bertz CT molecular complexity index is 145. The zero-order chi connectivity index (χ0) is 8.69. The van der Waals surface area contributed by atoms with E-state index in [0.29, 0.717) is 5.92 Å². The Kier molecular flexibility index (Phi) is 5.63. The van der Waals surface area contributed by atoms with E-state index < -0.39 is 0 Å². The Morgan fingerprint density at radius 3 is 2.64 bits per heavy atom. The van der Waals surface area contributed by atoms with Crippen LogP contribution in [0, 0.1) is 5.92 Å². The minimum atomic E-state index is 0.652. The maximum atomic E-state index is 3.04. The molecule has 0 aromatic heterocycles. The predicted octanol–water partition coefficient (Wildman–Crippen LogP) is 2.71. The van der Waals surface area contributed by atoms with Crippen LogP contribution >= 0.6 is 0 Å². The molecule has 11 heavy (non-hydrogen) atoms. The van der Waals surface area contributed by atoms with Gasteiger partial charge in [-0.3, -0.25) is 0 Å². The van der Waals surface area contributed by atoms with E-state index in [1.54, 1.807) is 0 Å². The van der Waals surface area contributed by atoms with Crippen molar-refractivity contribution in [3.63, 3.8) is 0 Å². The van der Waals surface area contributed by atoms with Gasteiger partial charge in [0.15, 0.2) is 0 Å². The molecule has 0 aliphatic rings. The van der Waals surface area contributed by atoms with Gasteiger partial charge in [0.25, 0.3) is 0 Å². The van der Waals surface area contributed by atoms with Gasteiger partial charge < -0.3 is 5.32 Å². The number of allylic oxidation sites excluding steroid dienone is 3. The third kappa shape index (κ3) is 4.65. The van der Waals surface area contributed by atoms with Crippen LogP contribution in [0.15, 0.2) is 23.9 Å². The van der Waals surface area contributed by atoms with Crippen molar-refractivity contribution >= 4 is 0 Å². The van der Waals surface area contributed by atoms with Crippen LogP contribution < -0.4 is 5.32 Å². The molecule has 1 unspecified atom stereocenters. The minimum Gasteiger partial charge on any atom is -0.394 e. The van der Waals surface area contributed by atoms with Crippen molar-refractivity contribution in [3.05, 3.63) is 23.9 Å². The molecule has 0 heterocycles. The highest BCUT2D eigenvalue weighted by atomic mass is 14.8. The van der Waals surface area contributed by atoms with Crippen molar-refractivity contribution < 1.29 is 0 Å². The topological polar surface area (TPSA) is 12.0 Å². The molecular weight excluding hydrogens is 134 g/mol. The molecule has 0 aromatic carbocycles. The summed E-state index contributed by atoms with van der Waals surface area (Å²) >= 11 is 0. The third-order valence-corrected chi connectivity index (χ3v) is 1.87. The molecule has 0 radical (unpaired) electrons. The third-order valence-electron chi connectivity index (χ3n) is 1.87. The molecule has 1 atom stereocenters. The van der Waals surface area contributed by atoms with Gasteiger partial charge in [-0.2, -0.15) is 0 Å². The average molecular weight is 153 g/mol. The van der Waals surface area contributed by atoms with Crippen LogP contribution in [0.5, 0.6) is 0 Å². The first kappa shape index (κ1) is 10.3. The average Bonchev–Trinajstić information content (AvgIpc) is 2.00. The fourth-order valence-corrected chi connectivity index (χ4v) is 0.896. The van der Waals surface area contributed by atoms with Gasteiger partial charge in [0.2, 0.25) is 0 Å². The summed E-state index contributed by atoms with van der Waals surface area (Å²) in [6.45, 7) is 6.46. The molecule has 1 heteroatoms. The molecule has 0 saturated carbocycles. The molecule has 1 N–H and O–H groups in total. The normalized spacial score (nSPS) is 15.5. The molecule has 0 amide bonds. The highest BCUT2D eigenvalue weighted by molar-refractivity contribution is 5.02. The molecule has 0 fully saturated rings. The number of nitrogens with one attached hydrogen (secondary N) is 1. The standard InChI is InChI=1S/C10H19N/c1-5-6-7-9(2)10(3)8-11-4/h5-6,8-9,11H,7H2,1-4H3/b6-5?,10-8-. The number of hydrogen-bond donors (Lipinski definition) is 1. The molecule has 0 bridgehead atoms. The second-order valence-electron chi connectivity index (χ2n) is 2.88. The van der Waals surface area contributed by atoms with Gasteiger partial charge in [0.1, 0.15) is 0 Å². The van der Waals surface area contributed by atoms with E-state index in [0.717, 1.165) is 6.42 Å². The van der Waals surface area contributed by atoms with E-state index >= 15 is 0 Å². The van der Waals surface area contributed by atoms with Crippen molar-refractivity contribution in [2.45, 2.75) is 27.2 Å². The van der Waals surface area contributed by atoms with Gasteiger partial charge >= 0.3 is 0 Å². The predicted molar refractivity (Wildman–Crippen MR) is 51.4 cm³/mol. The Morgan fingerprint density at radius 1 is 1.55 bits per heavy atom. The summed E-state index contributed by atoms with van der Waals surface area (Å²) in [4.78, 5) is 0. The first-order valence-corrected chi connectivity index (χ1v) is 4.17. The van der Waals surface area contributed by atoms with Gasteiger partial charge in [0.05, 0.1) is 0 Å². The lowest BCUT2D eigenvalue weighted by Gasteiger charge is -2.08. The zero-order valence-corrected chi connectivity index (χ0v) is 8.02. The van der Waals surface area contributed by atoms with Crippen LogP contribution in [0.3, 0.4) is 0 Å². The van der Waals surface area contributed by atoms with E-state index in [4.69, 9.17) is 0 Å². The summed E-state index contributed by atoms with van der Waals surface area (Å²) in [6.07, 6.45) is 7.51. The van der Waals surface area contributed by atoms with Crippen molar-refractivity contribution in [2.24, 2.45) is 5.92 Å². The van der Waals surface area contributed by atoms with Gasteiger partial charge in [-0.25, -0.2) is 0 Å². The van der Waals surface area contributed by atoms with E-state index in [2.05, 4.69) is 44.4 Å². The monoisotopic (exact) mass is 153 g/mol. The van der Waals surface area contributed by atoms with Gasteiger partial charge in [-0.05, 0) is 32.4 Å². The van der Waals surface area contributed by atoms with E-state index in [1.807, 2.05) is 7.05 Å². The number of rotatable bonds is 4. The van der Waals surface area contributed by atoms with Crippen LogP contribution in [0.25, 0.3) is 0 Å². The summed E-state index contributed by atoms with van der Waals surface area (Å²) in [5.41, 5.74) is 1.41. The van der Waals surface area contributed by atoms with Crippen molar-refractivity contribution in [2.75, 3.05) is 7.05 Å². The Hall–Kier alpha value is -0.720. The fourth-order valence-electron chi connectivity index (χ4n) is 0.896. The van der Waals surface area contributed by atoms with Crippen molar-refractivity contribution in [1.82, 2.24) is 5.32 Å². The molecule has 0 aliphatic carbocycles. The second-order valence-corrected chi connectivity index (χ2v) is 2.88. The Labute approximate surface area is 70.2 Å². The Morgan fingerprint density at radius 2 is 2.18 bits per heavy atom. The molecule has 1 nitrogen and oxygen atoms in total. The van der Waals surface area contributed by atoms with Crippen LogP contribution in [-0.4, -0.2) is 7.05 Å². The zero-order valence-electron chi connectivity index (χ0n) is 8.02. The van der Waals surface area contributed by atoms with E-state index in [-0.39, 0.29) is 0 Å². The Balaban J connectivity index is 3.81. The lowest BCUT2D eigenvalue weighted by molar-refractivity contribution is 0.687. The lowest BCUT2D eigenvalue weighted by Crippen LogP contribution is -2.01. The summed E-state index contributed by atoms with van der Waals surface area (Å²) in [5, 5.41) is 3.04. The maximum absolute atomic E-state index is 3.04. The van der Waals surface area contributed by atoms with Crippen molar-refractivity contribution in [1.29, 1.82) is 0 Å². The largest absolute Gasteiger partial charge is 0.394 e. The summed E-state index contributed by atoms with van der Waals surface area (Å²) in [5.74, 6) is 0.652. The van der Waals surface area contributed by atoms with Gasteiger partial charge in [0, 0.05) is 7.05 Å². The van der Waals surface area contributed by atoms with E-state index in [1.165, 1.54) is 5.57 Å². The molecule has 0 spiro atoms. The fraction of sp³-hybridized carbons (Fsp3) is 0.600.